The second-order valence-electron chi connectivity index (χ2n) is 4.89. The van der Waals surface area contributed by atoms with E-state index in [0.717, 1.165) is 5.56 Å². The van der Waals surface area contributed by atoms with Crippen molar-refractivity contribution < 1.29 is 4.39 Å². The second-order valence-corrected chi connectivity index (χ2v) is 4.89. The Labute approximate surface area is 88.7 Å². The summed E-state index contributed by atoms with van der Waals surface area (Å²) in [6.07, 6.45) is 1.81. The molecule has 0 aliphatic rings. The average molecular weight is 206 g/mol. The largest absolute Gasteiger partial charge is 0.238 e. The third kappa shape index (κ3) is 1.62. The maximum Gasteiger partial charge on any atom is 0.171 e. The van der Waals surface area contributed by atoms with Crippen LogP contribution < -0.4 is 0 Å². The van der Waals surface area contributed by atoms with Crippen molar-refractivity contribution >= 4 is 5.52 Å². The van der Waals surface area contributed by atoms with E-state index in [9.17, 15) is 4.39 Å². The van der Waals surface area contributed by atoms with Crippen LogP contribution in [0, 0.1) is 12.7 Å². The molecule has 0 bridgehead atoms. The van der Waals surface area contributed by atoms with Crippen LogP contribution in [-0.4, -0.2) is 9.61 Å². The average Bonchev–Trinajstić information content (AvgIpc) is 2.41. The molecule has 0 saturated heterocycles. The summed E-state index contributed by atoms with van der Waals surface area (Å²) in [7, 11) is 0. The molecule has 0 radical (unpaired) electrons. The van der Waals surface area contributed by atoms with Gasteiger partial charge in [0.2, 0.25) is 0 Å². The summed E-state index contributed by atoms with van der Waals surface area (Å²) < 4.78 is 15.2. The Morgan fingerprint density at radius 3 is 2.60 bits per heavy atom. The monoisotopic (exact) mass is 206 g/mol. The van der Waals surface area contributed by atoms with Crippen molar-refractivity contribution in [3.8, 4) is 0 Å². The normalized spacial score (nSPS) is 12.3. The lowest BCUT2D eigenvalue weighted by Crippen LogP contribution is -2.11. The molecule has 0 aliphatic heterocycles. The number of halogens is 1. The third-order valence-corrected chi connectivity index (χ3v) is 2.60. The summed E-state index contributed by atoms with van der Waals surface area (Å²) in [5.74, 6) is -0.221. The standard InChI is InChI=1S/C12H15FN2/c1-8-11(13)10-7-9(12(2,3)4)5-6-15(10)14-8/h5-7H,1-4H3. The van der Waals surface area contributed by atoms with E-state index < -0.39 is 0 Å². The van der Waals surface area contributed by atoms with E-state index in [1.807, 2.05) is 18.3 Å². The SMILES string of the molecule is Cc1nn2ccc(C(C)(C)C)cc2c1F. The van der Waals surface area contributed by atoms with Crippen molar-refractivity contribution in [1.82, 2.24) is 9.61 Å². The molecular formula is C12H15FN2. The molecule has 0 fully saturated rings. The first-order chi connectivity index (χ1) is 6.89. The fourth-order valence-corrected chi connectivity index (χ4v) is 1.60. The molecule has 0 atom stereocenters. The molecule has 2 rings (SSSR count). The Morgan fingerprint density at radius 2 is 2.00 bits per heavy atom. The number of aryl methyl sites for hydroxylation is 1. The Morgan fingerprint density at radius 1 is 1.33 bits per heavy atom. The van der Waals surface area contributed by atoms with E-state index in [2.05, 4.69) is 25.9 Å². The lowest BCUT2D eigenvalue weighted by atomic mass is 9.87. The highest BCUT2D eigenvalue weighted by Crippen LogP contribution is 2.24. The molecular weight excluding hydrogens is 191 g/mol. The number of hydrogen-bond donors (Lipinski definition) is 0. The van der Waals surface area contributed by atoms with Crippen LogP contribution in [0.25, 0.3) is 5.52 Å². The van der Waals surface area contributed by atoms with Crippen LogP contribution in [0.1, 0.15) is 32.0 Å². The fourth-order valence-electron chi connectivity index (χ4n) is 1.60. The quantitative estimate of drug-likeness (QED) is 0.647. The van der Waals surface area contributed by atoms with Gasteiger partial charge in [0, 0.05) is 6.20 Å². The molecule has 2 aromatic rings. The van der Waals surface area contributed by atoms with Gasteiger partial charge in [-0.2, -0.15) is 5.10 Å². The Bertz CT molecular complexity index is 506. The number of aromatic nitrogens is 2. The Kier molecular flexibility index (Phi) is 2.07. The predicted octanol–water partition coefficient (Wildman–Crippen LogP) is 3.08. The van der Waals surface area contributed by atoms with Gasteiger partial charge < -0.3 is 0 Å². The first-order valence-electron chi connectivity index (χ1n) is 5.04. The molecule has 2 aromatic heterocycles. The summed E-state index contributed by atoms with van der Waals surface area (Å²) in [5, 5.41) is 4.08. The Balaban J connectivity index is 2.70. The van der Waals surface area contributed by atoms with Crippen LogP contribution in [0.15, 0.2) is 18.3 Å². The van der Waals surface area contributed by atoms with Crippen LogP contribution in [0.2, 0.25) is 0 Å². The minimum Gasteiger partial charge on any atom is -0.238 e. The third-order valence-electron chi connectivity index (χ3n) is 2.60. The van der Waals surface area contributed by atoms with Gasteiger partial charge in [-0.25, -0.2) is 8.91 Å². The van der Waals surface area contributed by atoms with Gasteiger partial charge in [0.1, 0.15) is 5.52 Å². The van der Waals surface area contributed by atoms with Crippen LogP contribution in [0.5, 0.6) is 0 Å². The highest BCUT2D eigenvalue weighted by Gasteiger charge is 2.16. The summed E-state index contributed by atoms with van der Waals surface area (Å²) >= 11 is 0. The van der Waals surface area contributed by atoms with Crippen molar-refractivity contribution in [2.24, 2.45) is 0 Å². The van der Waals surface area contributed by atoms with E-state index in [-0.39, 0.29) is 11.2 Å². The van der Waals surface area contributed by atoms with Gasteiger partial charge >= 0.3 is 0 Å². The first kappa shape index (κ1) is 10.1. The molecule has 0 unspecified atom stereocenters. The molecule has 0 spiro atoms. The minimum absolute atomic E-state index is 0.0341. The Hall–Kier alpha value is -1.38. The van der Waals surface area contributed by atoms with E-state index in [1.54, 1.807) is 11.4 Å². The van der Waals surface area contributed by atoms with Gasteiger partial charge in [0.05, 0.1) is 5.69 Å². The van der Waals surface area contributed by atoms with Crippen LogP contribution in [0.4, 0.5) is 4.39 Å². The smallest absolute Gasteiger partial charge is 0.171 e. The van der Waals surface area contributed by atoms with Crippen molar-refractivity contribution in [2.75, 3.05) is 0 Å². The summed E-state index contributed by atoms with van der Waals surface area (Å²) in [6.45, 7) is 8.01. The molecule has 0 amide bonds. The summed E-state index contributed by atoms with van der Waals surface area (Å²) in [6, 6.07) is 3.86. The van der Waals surface area contributed by atoms with Gasteiger partial charge in [-0.05, 0) is 30.0 Å². The molecule has 15 heavy (non-hydrogen) atoms. The van der Waals surface area contributed by atoms with E-state index in [1.165, 1.54) is 0 Å². The zero-order chi connectivity index (χ0) is 11.2. The lowest BCUT2D eigenvalue weighted by Gasteiger charge is -2.18. The number of rotatable bonds is 0. The number of pyridine rings is 1. The van der Waals surface area contributed by atoms with E-state index >= 15 is 0 Å². The van der Waals surface area contributed by atoms with Crippen molar-refractivity contribution in [2.45, 2.75) is 33.1 Å². The maximum absolute atomic E-state index is 13.6. The van der Waals surface area contributed by atoms with Crippen molar-refractivity contribution in [1.29, 1.82) is 0 Å². The minimum atomic E-state index is -0.221. The zero-order valence-electron chi connectivity index (χ0n) is 9.50. The zero-order valence-corrected chi connectivity index (χ0v) is 9.50. The van der Waals surface area contributed by atoms with E-state index in [0.29, 0.717) is 11.2 Å². The molecule has 2 nitrogen and oxygen atoms in total. The van der Waals surface area contributed by atoms with E-state index in [4.69, 9.17) is 0 Å². The number of nitrogens with zero attached hydrogens (tertiary/aromatic N) is 2. The summed E-state index contributed by atoms with van der Waals surface area (Å²) in [5.41, 5.74) is 2.15. The van der Waals surface area contributed by atoms with Crippen LogP contribution in [-0.2, 0) is 5.41 Å². The van der Waals surface area contributed by atoms with Gasteiger partial charge in [0.25, 0.3) is 0 Å². The highest BCUT2D eigenvalue weighted by molar-refractivity contribution is 5.52. The van der Waals surface area contributed by atoms with Crippen molar-refractivity contribution in [3.05, 3.63) is 35.4 Å². The molecule has 0 saturated carbocycles. The first-order valence-corrected chi connectivity index (χ1v) is 5.04. The topological polar surface area (TPSA) is 17.3 Å². The maximum atomic E-state index is 13.6. The molecule has 0 aromatic carbocycles. The molecule has 0 N–H and O–H groups in total. The van der Waals surface area contributed by atoms with Gasteiger partial charge in [-0.3, -0.25) is 0 Å². The summed E-state index contributed by atoms with van der Waals surface area (Å²) in [4.78, 5) is 0. The number of fused-ring (bicyclic) bond motifs is 1. The van der Waals surface area contributed by atoms with Crippen molar-refractivity contribution in [3.63, 3.8) is 0 Å². The van der Waals surface area contributed by atoms with Crippen LogP contribution >= 0.6 is 0 Å². The molecule has 0 aliphatic carbocycles. The number of hydrogen-bond acceptors (Lipinski definition) is 1. The second kappa shape index (κ2) is 3.05. The van der Waals surface area contributed by atoms with Gasteiger partial charge in [-0.1, -0.05) is 20.8 Å². The van der Waals surface area contributed by atoms with Gasteiger partial charge in [0.15, 0.2) is 5.82 Å². The fraction of sp³-hybridized carbons (Fsp3) is 0.417. The predicted molar refractivity (Wildman–Crippen MR) is 58.6 cm³/mol. The lowest BCUT2D eigenvalue weighted by molar-refractivity contribution is 0.588. The van der Waals surface area contributed by atoms with Crippen LogP contribution in [0.3, 0.4) is 0 Å². The molecule has 3 heteroatoms. The molecule has 80 valence electrons. The molecule has 2 heterocycles. The highest BCUT2D eigenvalue weighted by atomic mass is 19.1. The van der Waals surface area contributed by atoms with Gasteiger partial charge in [-0.15, -0.1) is 0 Å².